The molecule has 4 aromatic rings. The second kappa shape index (κ2) is 9.84. The van der Waals surface area contributed by atoms with Crippen molar-refractivity contribution < 1.29 is 18.3 Å². The number of rotatable bonds is 7. The van der Waals surface area contributed by atoms with Crippen LogP contribution in [-0.4, -0.2) is 54.9 Å². The van der Waals surface area contributed by atoms with Crippen LogP contribution in [0.5, 0.6) is 0 Å². The second-order valence-electron chi connectivity index (χ2n) is 10.6. The average molecular weight is 551 g/mol. The highest BCUT2D eigenvalue weighted by Crippen LogP contribution is 2.45. The van der Waals surface area contributed by atoms with Gasteiger partial charge in [0.15, 0.2) is 0 Å². The maximum Gasteiger partial charge on any atom is 0.417 e. The van der Waals surface area contributed by atoms with Crippen molar-refractivity contribution in [3.05, 3.63) is 59.7 Å². The predicted octanol–water partition coefficient (Wildman–Crippen LogP) is 5.35. The summed E-state index contributed by atoms with van der Waals surface area (Å²) < 4.78 is 40.0. The number of aromatic amines is 1. The molecule has 6 rings (SSSR count). The van der Waals surface area contributed by atoms with Gasteiger partial charge < -0.3 is 25.7 Å². The van der Waals surface area contributed by atoms with Crippen LogP contribution >= 0.6 is 0 Å². The molecule has 1 aliphatic heterocycles. The maximum absolute atomic E-state index is 13.3. The highest BCUT2D eigenvalue weighted by atomic mass is 19.4. The van der Waals surface area contributed by atoms with Gasteiger partial charge in [0.1, 0.15) is 11.5 Å². The van der Waals surface area contributed by atoms with Gasteiger partial charge in [-0.2, -0.15) is 13.2 Å². The van der Waals surface area contributed by atoms with Crippen molar-refractivity contribution in [2.75, 3.05) is 23.3 Å². The molecule has 4 aromatic heterocycles. The summed E-state index contributed by atoms with van der Waals surface area (Å²) in [5.74, 6) is 1.59. The zero-order chi connectivity index (χ0) is 28.1. The van der Waals surface area contributed by atoms with Gasteiger partial charge in [0, 0.05) is 60.6 Å². The molecule has 0 bridgehead atoms. The summed E-state index contributed by atoms with van der Waals surface area (Å²) >= 11 is 0. The molecule has 1 unspecified atom stereocenters. The number of nitrogens with zero attached hydrogens (tertiary/aromatic N) is 5. The van der Waals surface area contributed by atoms with E-state index in [2.05, 4.69) is 35.1 Å². The minimum Gasteiger partial charge on any atom is -0.389 e. The molecule has 208 valence electrons. The molecule has 0 amide bonds. The summed E-state index contributed by atoms with van der Waals surface area (Å²) in [6, 6.07) is 4.76. The Morgan fingerprint density at radius 1 is 1.15 bits per heavy atom. The smallest absolute Gasteiger partial charge is 0.389 e. The van der Waals surface area contributed by atoms with Gasteiger partial charge >= 0.3 is 6.18 Å². The van der Waals surface area contributed by atoms with Crippen molar-refractivity contribution in [3.63, 3.8) is 0 Å². The van der Waals surface area contributed by atoms with Crippen molar-refractivity contribution in [1.29, 1.82) is 5.41 Å². The molecule has 2 fully saturated rings. The standard InChI is InChI=1S/C28H29F3N8O/c1-16(17-2-5-23(33-12-17)39-8-6-27(40,7-9-39)19-3-4-19)37-26-36-13-18(11-32)24(38-26)22-15-35-25-21(22)10-20(14-34-25)28(29,30)31/h2,5,10-16,19,32,40H,3-4,6-9H2,1H3,(H,34,35)(H,36,37,38). The molecule has 12 heteroatoms. The number of alkyl halides is 3. The van der Waals surface area contributed by atoms with Crippen LogP contribution in [0.25, 0.3) is 22.3 Å². The largest absolute Gasteiger partial charge is 0.417 e. The van der Waals surface area contributed by atoms with E-state index >= 15 is 0 Å². The molecule has 0 radical (unpaired) electrons. The van der Waals surface area contributed by atoms with Gasteiger partial charge in [-0.3, -0.25) is 0 Å². The number of anilines is 2. The van der Waals surface area contributed by atoms with E-state index < -0.39 is 17.3 Å². The van der Waals surface area contributed by atoms with Crippen LogP contribution < -0.4 is 10.2 Å². The van der Waals surface area contributed by atoms with Crippen molar-refractivity contribution >= 4 is 29.0 Å². The molecule has 9 nitrogen and oxygen atoms in total. The van der Waals surface area contributed by atoms with E-state index in [1.54, 1.807) is 6.20 Å². The third-order valence-electron chi connectivity index (χ3n) is 7.99. The van der Waals surface area contributed by atoms with Gasteiger partial charge in [-0.15, -0.1) is 0 Å². The maximum atomic E-state index is 13.3. The number of nitrogens with one attached hydrogen (secondary N) is 3. The summed E-state index contributed by atoms with van der Waals surface area (Å²) in [6.45, 7) is 3.49. The van der Waals surface area contributed by atoms with Crippen LogP contribution in [0, 0.1) is 11.3 Å². The second-order valence-corrected chi connectivity index (χ2v) is 10.6. The normalized spacial score (nSPS) is 18.1. The van der Waals surface area contributed by atoms with E-state index in [0.717, 1.165) is 68.6 Å². The first-order valence-corrected chi connectivity index (χ1v) is 13.3. The SMILES string of the molecule is CC(Nc1ncc(C=N)c(-c2c[nH]c3ncc(C(F)(F)F)cc23)n1)c1ccc(N2CCC(O)(C3CC3)CC2)nc1. The van der Waals surface area contributed by atoms with Gasteiger partial charge in [-0.05, 0) is 56.2 Å². The minimum absolute atomic E-state index is 0.219. The molecular formula is C28H29F3N8O. The lowest BCUT2D eigenvalue weighted by atomic mass is 9.87. The lowest BCUT2D eigenvalue weighted by molar-refractivity contribution is -0.137. The Bertz CT molecular complexity index is 1540. The summed E-state index contributed by atoms with van der Waals surface area (Å²) in [4.78, 5) is 22.5. The van der Waals surface area contributed by atoms with Gasteiger partial charge in [0.05, 0.1) is 22.9 Å². The molecule has 40 heavy (non-hydrogen) atoms. The predicted molar refractivity (Wildman–Crippen MR) is 145 cm³/mol. The van der Waals surface area contributed by atoms with Crippen molar-refractivity contribution in [3.8, 4) is 11.3 Å². The Labute approximate surface area is 228 Å². The molecule has 1 atom stereocenters. The Morgan fingerprint density at radius 3 is 2.58 bits per heavy atom. The molecule has 1 saturated heterocycles. The first-order valence-electron chi connectivity index (χ1n) is 13.3. The molecule has 4 N–H and O–H groups in total. The Kier molecular flexibility index (Phi) is 6.44. The summed E-state index contributed by atoms with van der Waals surface area (Å²) in [6.07, 6.45) is 5.88. The number of aromatic nitrogens is 5. The molecule has 5 heterocycles. The van der Waals surface area contributed by atoms with E-state index in [0.29, 0.717) is 22.7 Å². The van der Waals surface area contributed by atoms with Crippen LogP contribution in [0.4, 0.5) is 24.9 Å². The van der Waals surface area contributed by atoms with Crippen molar-refractivity contribution in [2.45, 2.75) is 50.4 Å². The van der Waals surface area contributed by atoms with E-state index in [1.165, 1.54) is 12.4 Å². The third kappa shape index (κ3) is 4.99. The third-order valence-corrected chi connectivity index (χ3v) is 7.99. The number of halogens is 3. The average Bonchev–Trinajstić information content (AvgIpc) is 3.73. The van der Waals surface area contributed by atoms with Crippen LogP contribution in [0.3, 0.4) is 0 Å². The number of fused-ring (bicyclic) bond motifs is 1. The van der Waals surface area contributed by atoms with Crippen molar-refractivity contribution in [1.82, 2.24) is 24.9 Å². The van der Waals surface area contributed by atoms with Gasteiger partial charge in [0.25, 0.3) is 0 Å². The van der Waals surface area contributed by atoms with E-state index in [4.69, 9.17) is 5.41 Å². The van der Waals surface area contributed by atoms with E-state index in [-0.39, 0.29) is 23.0 Å². The molecule has 1 aliphatic carbocycles. The summed E-state index contributed by atoms with van der Waals surface area (Å²) in [5.41, 5.74) is 0.878. The molecule has 0 aromatic carbocycles. The van der Waals surface area contributed by atoms with E-state index in [1.807, 2.05) is 19.1 Å². The zero-order valence-electron chi connectivity index (χ0n) is 21.8. The number of hydrogen-bond donors (Lipinski definition) is 4. The molecule has 0 spiro atoms. The highest BCUT2D eigenvalue weighted by Gasteiger charge is 2.45. The Morgan fingerprint density at radius 2 is 1.93 bits per heavy atom. The van der Waals surface area contributed by atoms with Crippen molar-refractivity contribution in [2.24, 2.45) is 5.92 Å². The van der Waals surface area contributed by atoms with Crippen LogP contribution in [0.2, 0.25) is 0 Å². The Balaban J connectivity index is 1.20. The number of pyridine rings is 2. The number of hydrogen-bond acceptors (Lipinski definition) is 8. The fourth-order valence-corrected chi connectivity index (χ4v) is 5.41. The van der Waals surface area contributed by atoms with Gasteiger partial charge in [0.2, 0.25) is 5.95 Å². The number of H-pyrrole nitrogens is 1. The number of piperidine rings is 1. The van der Waals surface area contributed by atoms with Crippen LogP contribution in [-0.2, 0) is 6.18 Å². The Hall–Kier alpha value is -4.06. The molecular weight excluding hydrogens is 521 g/mol. The molecule has 1 saturated carbocycles. The fourth-order valence-electron chi connectivity index (χ4n) is 5.41. The summed E-state index contributed by atoms with van der Waals surface area (Å²) in [5, 5.41) is 22.1. The highest BCUT2D eigenvalue weighted by molar-refractivity contribution is 5.98. The van der Waals surface area contributed by atoms with Crippen LogP contribution in [0.1, 0.15) is 55.3 Å². The lowest BCUT2D eigenvalue weighted by Crippen LogP contribution is -2.46. The summed E-state index contributed by atoms with van der Waals surface area (Å²) in [7, 11) is 0. The van der Waals surface area contributed by atoms with Crippen LogP contribution in [0.15, 0.2) is 43.0 Å². The van der Waals surface area contributed by atoms with Gasteiger partial charge in [-0.1, -0.05) is 6.07 Å². The zero-order valence-corrected chi connectivity index (χ0v) is 21.8. The van der Waals surface area contributed by atoms with E-state index in [9.17, 15) is 18.3 Å². The monoisotopic (exact) mass is 550 g/mol. The lowest BCUT2D eigenvalue weighted by Gasteiger charge is -2.39. The van der Waals surface area contributed by atoms with Gasteiger partial charge in [-0.25, -0.2) is 19.9 Å². The first-order chi connectivity index (χ1) is 19.1. The topological polar surface area (TPSA) is 127 Å². The minimum atomic E-state index is -4.54. The number of aliphatic hydroxyl groups is 1. The molecule has 2 aliphatic rings. The quantitative estimate of drug-likeness (QED) is 0.229. The fraction of sp³-hybridized carbons (Fsp3) is 0.393. The first kappa shape index (κ1) is 26.2.